The van der Waals surface area contributed by atoms with Gasteiger partial charge in [-0.15, -0.1) is 0 Å². The standard InChI is InChI=1S/C17H12BrF5N2O2/c1-8-14(15(26)9-4-2-3-5-12(9)27-16(19)20)25-7-11(18)10(17(21,22)23)6-13(25)24-8/h2-7,15-16,26H,1H3. The fourth-order valence-electron chi connectivity index (χ4n) is 2.80. The molecule has 0 spiro atoms. The lowest BCUT2D eigenvalue weighted by molar-refractivity contribution is -0.138. The molecular formula is C17H12BrF5N2O2. The number of ether oxygens (including phenoxy) is 1. The molecule has 0 amide bonds. The van der Waals surface area contributed by atoms with Crippen molar-refractivity contribution < 1.29 is 31.8 Å². The SMILES string of the molecule is Cc1nc2cc(C(F)(F)F)c(Br)cn2c1C(O)c1ccccc1OC(F)F. The number of aliphatic hydroxyl groups is 1. The van der Waals surface area contributed by atoms with E-state index in [0.29, 0.717) is 0 Å². The van der Waals surface area contributed by atoms with Crippen molar-refractivity contribution in [1.29, 1.82) is 0 Å². The molecule has 0 aliphatic rings. The van der Waals surface area contributed by atoms with Gasteiger partial charge in [0.25, 0.3) is 0 Å². The molecule has 10 heteroatoms. The summed E-state index contributed by atoms with van der Waals surface area (Å²) in [6.45, 7) is -1.59. The van der Waals surface area contributed by atoms with Crippen molar-refractivity contribution in [2.75, 3.05) is 0 Å². The third-order valence-electron chi connectivity index (χ3n) is 3.93. The van der Waals surface area contributed by atoms with Gasteiger partial charge in [-0.3, -0.25) is 4.40 Å². The minimum Gasteiger partial charge on any atom is -0.434 e. The van der Waals surface area contributed by atoms with E-state index in [1.54, 1.807) is 0 Å². The summed E-state index contributed by atoms with van der Waals surface area (Å²) in [5.74, 6) is -0.236. The molecule has 4 nitrogen and oxygen atoms in total. The monoisotopic (exact) mass is 450 g/mol. The Bertz CT molecular complexity index is 987. The first-order valence-corrected chi connectivity index (χ1v) is 8.36. The number of pyridine rings is 1. The number of hydrogen-bond donors (Lipinski definition) is 1. The molecule has 0 aliphatic heterocycles. The van der Waals surface area contributed by atoms with Crippen LogP contribution in [0.3, 0.4) is 0 Å². The molecule has 0 saturated carbocycles. The Morgan fingerprint density at radius 2 is 1.89 bits per heavy atom. The number of rotatable bonds is 4. The number of benzene rings is 1. The molecule has 2 heterocycles. The highest BCUT2D eigenvalue weighted by Crippen LogP contribution is 2.38. The summed E-state index contributed by atoms with van der Waals surface area (Å²) in [4.78, 5) is 4.06. The van der Waals surface area contributed by atoms with E-state index in [2.05, 4.69) is 25.7 Å². The summed E-state index contributed by atoms with van der Waals surface area (Å²) in [6, 6.07) is 6.48. The number of aryl methyl sites for hydroxylation is 1. The molecule has 1 atom stereocenters. The van der Waals surface area contributed by atoms with Crippen LogP contribution < -0.4 is 4.74 Å². The average Bonchev–Trinajstić information content (AvgIpc) is 2.87. The highest BCUT2D eigenvalue weighted by Gasteiger charge is 2.34. The van der Waals surface area contributed by atoms with Gasteiger partial charge in [-0.1, -0.05) is 18.2 Å². The van der Waals surface area contributed by atoms with Crippen molar-refractivity contribution in [3.05, 3.63) is 63.5 Å². The Hall–Kier alpha value is -2.20. The topological polar surface area (TPSA) is 46.8 Å². The molecule has 1 aromatic carbocycles. The van der Waals surface area contributed by atoms with Crippen molar-refractivity contribution in [2.24, 2.45) is 0 Å². The number of aliphatic hydroxyl groups excluding tert-OH is 1. The average molecular weight is 451 g/mol. The molecule has 144 valence electrons. The van der Waals surface area contributed by atoms with E-state index in [4.69, 9.17) is 0 Å². The minimum absolute atomic E-state index is 0.0377. The fourth-order valence-corrected chi connectivity index (χ4v) is 3.35. The van der Waals surface area contributed by atoms with Gasteiger partial charge in [-0.05, 0) is 35.0 Å². The minimum atomic E-state index is -4.59. The van der Waals surface area contributed by atoms with Crippen molar-refractivity contribution in [1.82, 2.24) is 9.38 Å². The number of aromatic nitrogens is 2. The lowest BCUT2D eigenvalue weighted by Crippen LogP contribution is -2.11. The lowest BCUT2D eigenvalue weighted by Gasteiger charge is -2.17. The zero-order valence-corrected chi connectivity index (χ0v) is 15.2. The smallest absolute Gasteiger partial charge is 0.417 e. The molecule has 0 radical (unpaired) electrons. The molecule has 0 fully saturated rings. The van der Waals surface area contributed by atoms with Crippen molar-refractivity contribution in [2.45, 2.75) is 25.8 Å². The maximum absolute atomic E-state index is 13.1. The van der Waals surface area contributed by atoms with Gasteiger partial charge in [-0.25, -0.2) is 4.98 Å². The molecular weight excluding hydrogens is 439 g/mol. The highest BCUT2D eigenvalue weighted by molar-refractivity contribution is 9.10. The molecule has 27 heavy (non-hydrogen) atoms. The number of hydrogen-bond acceptors (Lipinski definition) is 3. The van der Waals surface area contributed by atoms with Gasteiger partial charge in [0.05, 0.1) is 17.0 Å². The quantitative estimate of drug-likeness (QED) is 0.562. The van der Waals surface area contributed by atoms with Crippen LogP contribution in [0.4, 0.5) is 22.0 Å². The first-order valence-electron chi connectivity index (χ1n) is 7.56. The molecule has 3 aromatic rings. The van der Waals surface area contributed by atoms with Gasteiger partial charge in [0, 0.05) is 16.2 Å². The van der Waals surface area contributed by atoms with Crippen LogP contribution in [-0.2, 0) is 6.18 Å². The fraction of sp³-hybridized carbons (Fsp3) is 0.235. The number of imidazole rings is 1. The second-order valence-electron chi connectivity index (χ2n) is 5.66. The van der Waals surface area contributed by atoms with Crippen molar-refractivity contribution in [3.63, 3.8) is 0 Å². The van der Waals surface area contributed by atoms with Crippen molar-refractivity contribution in [3.8, 4) is 5.75 Å². The van der Waals surface area contributed by atoms with Gasteiger partial charge in [0.2, 0.25) is 0 Å². The van der Waals surface area contributed by atoms with Crippen LogP contribution in [0.5, 0.6) is 5.75 Å². The maximum Gasteiger partial charge on any atom is 0.417 e. The summed E-state index contributed by atoms with van der Waals surface area (Å²) in [5, 5.41) is 10.8. The first-order chi connectivity index (χ1) is 12.6. The van der Waals surface area contributed by atoms with Gasteiger partial charge in [0.1, 0.15) is 17.5 Å². The lowest BCUT2D eigenvalue weighted by atomic mass is 10.0. The van der Waals surface area contributed by atoms with Crippen LogP contribution in [0.2, 0.25) is 0 Å². The largest absolute Gasteiger partial charge is 0.434 e. The van der Waals surface area contributed by atoms with Gasteiger partial charge in [-0.2, -0.15) is 22.0 Å². The maximum atomic E-state index is 13.1. The Morgan fingerprint density at radius 3 is 2.52 bits per heavy atom. The number of fused-ring (bicyclic) bond motifs is 1. The predicted octanol–water partition coefficient (Wildman–Crippen LogP) is 5.11. The third kappa shape index (κ3) is 3.77. The van der Waals surface area contributed by atoms with Crippen molar-refractivity contribution >= 4 is 21.6 Å². The van der Waals surface area contributed by atoms with E-state index in [0.717, 1.165) is 12.3 Å². The van der Waals surface area contributed by atoms with Crippen LogP contribution in [0.1, 0.15) is 28.6 Å². The van der Waals surface area contributed by atoms with Gasteiger partial charge >= 0.3 is 12.8 Å². The Morgan fingerprint density at radius 1 is 1.22 bits per heavy atom. The second-order valence-corrected chi connectivity index (χ2v) is 6.52. The van der Waals surface area contributed by atoms with Crippen LogP contribution in [-0.4, -0.2) is 21.1 Å². The first kappa shape index (κ1) is 19.6. The normalized spacial score (nSPS) is 13.4. The second kappa shape index (κ2) is 7.08. The van der Waals surface area contributed by atoms with Gasteiger partial charge < -0.3 is 9.84 Å². The van der Waals surface area contributed by atoms with Crippen LogP contribution in [0, 0.1) is 6.92 Å². The Balaban J connectivity index is 2.15. The number of nitrogens with zero attached hydrogens (tertiary/aromatic N) is 2. The number of halogens is 6. The van der Waals surface area contributed by atoms with E-state index < -0.39 is 24.5 Å². The Kier molecular flexibility index (Phi) is 5.13. The number of para-hydroxylation sites is 1. The summed E-state index contributed by atoms with van der Waals surface area (Å²) in [5.41, 5.74) is -0.518. The molecule has 1 N–H and O–H groups in total. The summed E-state index contributed by atoms with van der Waals surface area (Å²) in [6.07, 6.45) is -4.90. The molecule has 0 bridgehead atoms. The Labute approximate surface area is 158 Å². The highest BCUT2D eigenvalue weighted by atomic mass is 79.9. The summed E-state index contributed by atoms with van der Waals surface area (Å²) >= 11 is 2.88. The molecule has 0 aliphatic carbocycles. The van der Waals surface area contributed by atoms with Crippen LogP contribution in [0.15, 0.2) is 41.0 Å². The molecule has 3 rings (SSSR count). The van der Waals surface area contributed by atoms with Crippen LogP contribution in [0.25, 0.3) is 5.65 Å². The van der Waals surface area contributed by atoms with E-state index in [-0.39, 0.29) is 32.8 Å². The zero-order valence-electron chi connectivity index (χ0n) is 13.6. The van der Waals surface area contributed by atoms with E-state index in [1.807, 2.05) is 0 Å². The summed E-state index contributed by atoms with van der Waals surface area (Å²) < 4.78 is 69.9. The van der Waals surface area contributed by atoms with E-state index in [9.17, 15) is 27.1 Å². The summed E-state index contributed by atoms with van der Waals surface area (Å²) in [7, 11) is 0. The molecule has 0 saturated heterocycles. The molecule has 1 unspecified atom stereocenters. The van der Waals surface area contributed by atoms with E-state index >= 15 is 0 Å². The number of alkyl halides is 5. The van der Waals surface area contributed by atoms with Gasteiger partial charge in [0.15, 0.2) is 0 Å². The van der Waals surface area contributed by atoms with Crippen LogP contribution >= 0.6 is 15.9 Å². The van der Waals surface area contributed by atoms with E-state index in [1.165, 1.54) is 35.6 Å². The third-order valence-corrected chi connectivity index (χ3v) is 4.56. The zero-order chi connectivity index (χ0) is 19.9. The predicted molar refractivity (Wildman–Crippen MR) is 89.8 cm³/mol. The molecule has 2 aromatic heterocycles.